The summed E-state index contributed by atoms with van der Waals surface area (Å²) in [7, 11) is 0. The lowest BCUT2D eigenvalue weighted by Gasteiger charge is -2.20. The van der Waals surface area contributed by atoms with E-state index in [2.05, 4.69) is 30.7 Å². The Morgan fingerprint density at radius 3 is 2.11 bits per heavy atom. The van der Waals surface area contributed by atoms with E-state index in [-0.39, 0.29) is 16.9 Å². The standard InChI is InChI=1S/C24H34N2O2/c1-7-10-11-15-26-17(5)16(4)23(27)21(18(26)6)24(28)25-22-19(8-2)13-12-14-20(22)9-3/h12-14H,7-11,15H2,1-6H3,(H,25,28). The summed E-state index contributed by atoms with van der Waals surface area (Å²) < 4.78 is 2.13. The van der Waals surface area contributed by atoms with Crippen LogP contribution in [0.4, 0.5) is 5.69 Å². The fraction of sp³-hybridized carbons (Fsp3) is 0.500. The van der Waals surface area contributed by atoms with Crippen LogP contribution in [-0.4, -0.2) is 10.5 Å². The average Bonchev–Trinajstić information content (AvgIpc) is 2.69. The van der Waals surface area contributed by atoms with Gasteiger partial charge in [-0.2, -0.15) is 0 Å². The molecule has 28 heavy (non-hydrogen) atoms. The zero-order valence-corrected chi connectivity index (χ0v) is 18.2. The van der Waals surface area contributed by atoms with Gasteiger partial charge in [0.05, 0.1) is 0 Å². The van der Waals surface area contributed by atoms with Crippen LogP contribution in [0, 0.1) is 20.8 Å². The summed E-state index contributed by atoms with van der Waals surface area (Å²) in [6, 6.07) is 6.09. The Morgan fingerprint density at radius 2 is 1.57 bits per heavy atom. The maximum Gasteiger partial charge on any atom is 0.261 e. The molecule has 0 saturated carbocycles. The summed E-state index contributed by atoms with van der Waals surface area (Å²) in [4.78, 5) is 26.2. The highest BCUT2D eigenvalue weighted by Gasteiger charge is 2.21. The van der Waals surface area contributed by atoms with Crippen molar-refractivity contribution in [3.63, 3.8) is 0 Å². The number of aryl methyl sites for hydroxylation is 2. The number of amides is 1. The zero-order valence-electron chi connectivity index (χ0n) is 18.2. The number of hydrogen-bond acceptors (Lipinski definition) is 2. The highest BCUT2D eigenvalue weighted by molar-refractivity contribution is 6.06. The fourth-order valence-electron chi connectivity index (χ4n) is 3.81. The van der Waals surface area contributed by atoms with E-state index in [1.165, 1.54) is 0 Å². The fourth-order valence-corrected chi connectivity index (χ4v) is 3.81. The molecule has 1 aromatic carbocycles. The van der Waals surface area contributed by atoms with E-state index in [0.717, 1.165) is 66.9 Å². The molecule has 4 heteroatoms. The molecule has 0 aliphatic rings. The largest absolute Gasteiger partial charge is 0.348 e. The van der Waals surface area contributed by atoms with Gasteiger partial charge in [-0.1, -0.05) is 51.8 Å². The molecule has 0 atom stereocenters. The Labute approximate surface area is 169 Å². The molecular weight excluding hydrogens is 348 g/mol. The van der Waals surface area contributed by atoms with Crippen LogP contribution in [0.1, 0.15) is 78.5 Å². The van der Waals surface area contributed by atoms with Crippen molar-refractivity contribution >= 4 is 11.6 Å². The van der Waals surface area contributed by atoms with Gasteiger partial charge in [-0.25, -0.2) is 0 Å². The van der Waals surface area contributed by atoms with Gasteiger partial charge in [0.2, 0.25) is 0 Å². The molecule has 0 unspecified atom stereocenters. The van der Waals surface area contributed by atoms with Crippen molar-refractivity contribution in [3.8, 4) is 0 Å². The van der Waals surface area contributed by atoms with Gasteiger partial charge in [0, 0.05) is 29.2 Å². The Bertz CT molecular complexity index is 888. The molecule has 0 aliphatic heterocycles. The number of carbonyl (C=O) groups is 1. The molecule has 0 bridgehead atoms. The van der Waals surface area contributed by atoms with E-state index >= 15 is 0 Å². The van der Waals surface area contributed by atoms with Crippen molar-refractivity contribution in [2.24, 2.45) is 0 Å². The number of para-hydroxylation sites is 1. The Balaban J connectivity index is 2.51. The first-order valence-corrected chi connectivity index (χ1v) is 10.5. The van der Waals surface area contributed by atoms with Crippen molar-refractivity contribution in [3.05, 3.63) is 62.1 Å². The maximum atomic E-state index is 13.2. The predicted molar refractivity (Wildman–Crippen MR) is 118 cm³/mol. The normalized spacial score (nSPS) is 10.9. The molecule has 2 rings (SSSR count). The number of benzene rings is 1. The summed E-state index contributed by atoms with van der Waals surface area (Å²) in [6.07, 6.45) is 4.97. The summed E-state index contributed by atoms with van der Waals surface area (Å²) in [6.45, 7) is 12.8. The minimum atomic E-state index is -0.301. The molecule has 0 saturated heterocycles. The molecular formula is C24H34N2O2. The van der Waals surface area contributed by atoms with Crippen LogP contribution in [0.25, 0.3) is 0 Å². The lowest BCUT2D eigenvalue weighted by molar-refractivity contribution is 0.102. The molecule has 0 spiro atoms. The molecule has 4 nitrogen and oxygen atoms in total. The molecule has 0 fully saturated rings. The monoisotopic (exact) mass is 382 g/mol. The van der Waals surface area contributed by atoms with Crippen molar-refractivity contribution in [1.82, 2.24) is 4.57 Å². The lowest BCUT2D eigenvalue weighted by atomic mass is 10.0. The number of pyridine rings is 1. The van der Waals surface area contributed by atoms with Crippen LogP contribution in [0.5, 0.6) is 0 Å². The summed E-state index contributed by atoms with van der Waals surface area (Å²) in [5.41, 5.74) is 5.53. The minimum absolute atomic E-state index is 0.161. The molecule has 1 aromatic heterocycles. The van der Waals surface area contributed by atoms with Gasteiger partial charge in [0.1, 0.15) is 5.56 Å². The minimum Gasteiger partial charge on any atom is -0.348 e. The second-order valence-electron chi connectivity index (χ2n) is 7.47. The SMILES string of the molecule is CCCCCn1c(C)c(C)c(=O)c(C(=O)Nc2c(CC)cccc2CC)c1C. The van der Waals surface area contributed by atoms with E-state index in [9.17, 15) is 9.59 Å². The number of nitrogens with one attached hydrogen (secondary N) is 1. The van der Waals surface area contributed by atoms with Crippen molar-refractivity contribution < 1.29 is 4.79 Å². The average molecular weight is 383 g/mol. The van der Waals surface area contributed by atoms with Crippen LogP contribution in [0.3, 0.4) is 0 Å². The van der Waals surface area contributed by atoms with E-state index in [4.69, 9.17) is 0 Å². The number of anilines is 1. The van der Waals surface area contributed by atoms with Gasteiger partial charge >= 0.3 is 0 Å². The summed E-state index contributed by atoms with van der Waals surface area (Å²) in [5, 5.41) is 3.07. The van der Waals surface area contributed by atoms with Crippen LogP contribution >= 0.6 is 0 Å². The second-order valence-corrected chi connectivity index (χ2v) is 7.47. The van der Waals surface area contributed by atoms with Crippen molar-refractivity contribution in [1.29, 1.82) is 0 Å². The first kappa shape index (κ1) is 21.9. The number of hydrogen-bond donors (Lipinski definition) is 1. The third-order valence-corrected chi connectivity index (χ3v) is 5.73. The topological polar surface area (TPSA) is 51.1 Å². The first-order valence-electron chi connectivity index (χ1n) is 10.5. The van der Waals surface area contributed by atoms with Crippen LogP contribution in [-0.2, 0) is 19.4 Å². The van der Waals surface area contributed by atoms with Gasteiger partial charge in [-0.15, -0.1) is 0 Å². The molecule has 152 valence electrons. The van der Waals surface area contributed by atoms with Crippen LogP contribution in [0.15, 0.2) is 23.0 Å². The molecule has 2 aromatic rings. The van der Waals surface area contributed by atoms with Crippen LogP contribution < -0.4 is 10.7 Å². The van der Waals surface area contributed by atoms with Gasteiger partial charge in [0.25, 0.3) is 5.91 Å². The first-order chi connectivity index (χ1) is 13.4. The molecule has 1 N–H and O–H groups in total. The lowest BCUT2D eigenvalue weighted by Crippen LogP contribution is -2.30. The highest BCUT2D eigenvalue weighted by Crippen LogP contribution is 2.24. The molecule has 0 aliphatic carbocycles. The Morgan fingerprint density at radius 1 is 0.964 bits per heavy atom. The smallest absolute Gasteiger partial charge is 0.261 e. The van der Waals surface area contributed by atoms with Crippen LogP contribution in [0.2, 0.25) is 0 Å². The van der Waals surface area contributed by atoms with Crippen molar-refractivity contribution in [2.75, 3.05) is 5.32 Å². The zero-order chi connectivity index (χ0) is 20.8. The Hall–Kier alpha value is -2.36. The number of rotatable bonds is 8. The number of nitrogens with zero attached hydrogens (tertiary/aromatic N) is 1. The quantitative estimate of drug-likeness (QED) is 0.627. The maximum absolute atomic E-state index is 13.2. The van der Waals surface area contributed by atoms with E-state index < -0.39 is 0 Å². The van der Waals surface area contributed by atoms with Gasteiger partial charge in [0.15, 0.2) is 5.43 Å². The number of unbranched alkanes of at least 4 members (excludes halogenated alkanes) is 2. The highest BCUT2D eigenvalue weighted by atomic mass is 16.2. The number of carbonyl (C=O) groups excluding carboxylic acids is 1. The van der Waals surface area contributed by atoms with Gasteiger partial charge < -0.3 is 9.88 Å². The summed E-state index contributed by atoms with van der Waals surface area (Å²) >= 11 is 0. The number of aromatic nitrogens is 1. The molecule has 0 radical (unpaired) electrons. The van der Waals surface area contributed by atoms with E-state index in [1.54, 1.807) is 0 Å². The van der Waals surface area contributed by atoms with Gasteiger partial charge in [-0.3, -0.25) is 9.59 Å². The third-order valence-electron chi connectivity index (χ3n) is 5.73. The second kappa shape index (κ2) is 9.72. The van der Waals surface area contributed by atoms with Crippen molar-refractivity contribution in [2.45, 2.75) is 80.2 Å². The molecule has 1 amide bonds. The summed E-state index contributed by atoms with van der Waals surface area (Å²) in [5.74, 6) is -0.301. The van der Waals surface area contributed by atoms with E-state index in [1.807, 2.05) is 39.0 Å². The molecule has 1 heterocycles. The predicted octanol–water partition coefficient (Wildman–Crippen LogP) is 5.34. The third kappa shape index (κ3) is 4.37. The van der Waals surface area contributed by atoms with Gasteiger partial charge in [-0.05, 0) is 51.2 Å². The Kier molecular flexibility index (Phi) is 7.61. The van der Waals surface area contributed by atoms with E-state index in [0.29, 0.717) is 5.56 Å².